The molecule has 0 atom stereocenters. The highest BCUT2D eigenvalue weighted by Crippen LogP contribution is 2.30. The third-order valence-corrected chi connectivity index (χ3v) is 4.59. The van der Waals surface area contributed by atoms with Gasteiger partial charge in [-0.15, -0.1) is 0 Å². The smallest absolute Gasteiger partial charge is 0.161 e. The molecular weight excluding hydrogens is 414 g/mol. The monoisotopic (exact) mass is 424 g/mol. The van der Waals surface area contributed by atoms with Gasteiger partial charge in [0, 0.05) is 12.7 Å². The summed E-state index contributed by atoms with van der Waals surface area (Å²) >= 11 is 14.3. The van der Waals surface area contributed by atoms with Crippen LogP contribution in [0.1, 0.15) is 5.69 Å². The molecular formula is C13H11Cl2IN2O2. The van der Waals surface area contributed by atoms with Crippen LogP contribution in [0, 0.1) is 3.57 Å². The summed E-state index contributed by atoms with van der Waals surface area (Å²) in [7, 11) is 3.17. The first kappa shape index (κ1) is 15.8. The Bertz CT molecular complexity index is 638. The molecule has 2 aromatic rings. The van der Waals surface area contributed by atoms with Crippen molar-refractivity contribution in [2.45, 2.75) is 6.61 Å². The second-order valence-corrected chi connectivity index (χ2v) is 5.73. The summed E-state index contributed by atoms with van der Waals surface area (Å²) in [6.45, 7) is 0.372. The lowest BCUT2D eigenvalue weighted by Gasteiger charge is -2.09. The average Bonchev–Trinajstić information content (AvgIpc) is 2.43. The Hall–Kier alpha value is -0.630. The molecule has 0 fully saturated rings. The third kappa shape index (κ3) is 3.33. The Morgan fingerprint density at radius 2 is 1.95 bits per heavy atom. The number of rotatable bonds is 4. The first-order valence-electron chi connectivity index (χ1n) is 5.61. The van der Waals surface area contributed by atoms with E-state index in [0.717, 1.165) is 14.8 Å². The standard InChI is InChI=1S/C13H11Cl2IN2O2/c1-19-6-9-11(16)12(15)18-13(17-9)7-3-4-10(20-2)8(14)5-7/h3-5H,6H2,1-2H3. The molecule has 0 amide bonds. The van der Waals surface area contributed by atoms with Gasteiger partial charge in [-0.1, -0.05) is 23.2 Å². The summed E-state index contributed by atoms with van der Waals surface area (Å²) < 4.78 is 11.0. The molecule has 0 saturated heterocycles. The molecule has 1 heterocycles. The SMILES string of the molecule is COCc1nc(-c2ccc(OC)c(Cl)c2)nc(Cl)c1I. The number of hydrogen-bond acceptors (Lipinski definition) is 4. The number of nitrogens with zero attached hydrogens (tertiary/aromatic N) is 2. The maximum Gasteiger partial charge on any atom is 0.161 e. The molecule has 0 unspecified atom stereocenters. The molecule has 106 valence electrons. The number of aromatic nitrogens is 2. The summed E-state index contributed by atoms with van der Waals surface area (Å²) in [5, 5.41) is 0.895. The van der Waals surface area contributed by atoms with Gasteiger partial charge in [0.15, 0.2) is 5.82 Å². The fourth-order valence-corrected chi connectivity index (χ4v) is 2.47. The molecule has 0 bridgehead atoms. The van der Waals surface area contributed by atoms with Crippen LogP contribution in [0.4, 0.5) is 0 Å². The second kappa shape index (κ2) is 6.89. The van der Waals surface area contributed by atoms with Crippen molar-refractivity contribution >= 4 is 45.8 Å². The molecule has 2 rings (SSSR count). The molecule has 1 aromatic carbocycles. The Morgan fingerprint density at radius 3 is 2.55 bits per heavy atom. The zero-order valence-corrected chi connectivity index (χ0v) is 14.5. The maximum absolute atomic E-state index is 6.13. The summed E-state index contributed by atoms with van der Waals surface area (Å²) in [6, 6.07) is 5.35. The van der Waals surface area contributed by atoms with Crippen molar-refractivity contribution in [1.82, 2.24) is 9.97 Å². The van der Waals surface area contributed by atoms with Crippen molar-refractivity contribution in [2.24, 2.45) is 0 Å². The lowest BCUT2D eigenvalue weighted by atomic mass is 10.2. The van der Waals surface area contributed by atoms with Crippen molar-refractivity contribution in [3.05, 3.63) is 37.6 Å². The molecule has 0 radical (unpaired) electrons. The van der Waals surface area contributed by atoms with E-state index in [1.165, 1.54) is 0 Å². The highest BCUT2D eigenvalue weighted by atomic mass is 127. The zero-order chi connectivity index (χ0) is 14.7. The van der Waals surface area contributed by atoms with Gasteiger partial charge in [-0.2, -0.15) is 0 Å². The molecule has 0 N–H and O–H groups in total. The molecule has 1 aromatic heterocycles. The van der Waals surface area contributed by atoms with Crippen LogP contribution in [0.3, 0.4) is 0 Å². The fraction of sp³-hybridized carbons (Fsp3) is 0.231. The van der Waals surface area contributed by atoms with Crippen LogP contribution in [0.5, 0.6) is 5.75 Å². The topological polar surface area (TPSA) is 44.2 Å². The van der Waals surface area contributed by atoms with E-state index in [1.807, 2.05) is 6.07 Å². The lowest BCUT2D eigenvalue weighted by Crippen LogP contribution is -2.02. The van der Waals surface area contributed by atoms with Gasteiger partial charge in [-0.3, -0.25) is 0 Å². The van der Waals surface area contributed by atoms with Crippen molar-refractivity contribution < 1.29 is 9.47 Å². The molecule has 4 nitrogen and oxygen atoms in total. The number of benzene rings is 1. The normalized spacial score (nSPS) is 10.7. The van der Waals surface area contributed by atoms with Crippen molar-refractivity contribution in [3.8, 4) is 17.1 Å². The molecule has 20 heavy (non-hydrogen) atoms. The third-order valence-electron chi connectivity index (χ3n) is 2.57. The minimum Gasteiger partial charge on any atom is -0.495 e. The van der Waals surface area contributed by atoms with Gasteiger partial charge in [0.05, 0.1) is 28.0 Å². The highest BCUT2D eigenvalue weighted by Gasteiger charge is 2.13. The zero-order valence-electron chi connectivity index (χ0n) is 10.8. The molecule has 0 saturated carbocycles. The first-order valence-corrected chi connectivity index (χ1v) is 7.45. The van der Waals surface area contributed by atoms with E-state index in [1.54, 1.807) is 26.4 Å². The largest absolute Gasteiger partial charge is 0.495 e. The van der Waals surface area contributed by atoms with Crippen molar-refractivity contribution in [2.75, 3.05) is 14.2 Å². The van der Waals surface area contributed by atoms with Gasteiger partial charge in [0.2, 0.25) is 0 Å². The Labute approximate surface area is 140 Å². The Kier molecular flexibility index (Phi) is 5.42. The van der Waals surface area contributed by atoms with Crippen LogP contribution >= 0.6 is 45.8 Å². The quantitative estimate of drug-likeness (QED) is 0.544. The first-order chi connectivity index (χ1) is 9.56. The van der Waals surface area contributed by atoms with E-state index in [-0.39, 0.29) is 0 Å². The van der Waals surface area contributed by atoms with Gasteiger partial charge in [0.25, 0.3) is 0 Å². The van der Waals surface area contributed by atoms with Gasteiger partial charge in [-0.25, -0.2) is 9.97 Å². The van der Waals surface area contributed by atoms with Gasteiger partial charge in [-0.05, 0) is 40.8 Å². The fourth-order valence-electron chi connectivity index (χ4n) is 1.63. The second-order valence-electron chi connectivity index (χ2n) is 3.88. The molecule has 0 aliphatic heterocycles. The number of hydrogen-bond donors (Lipinski definition) is 0. The molecule has 0 spiro atoms. The van der Waals surface area contributed by atoms with Crippen molar-refractivity contribution in [1.29, 1.82) is 0 Å². The summed E-state index contributed by atoms with van der Waals surface area (Å²) in [4.78, 5) is 8.74. The number of halogens is 3. The van der Waals surface area contributed by atoms with E-state index in [9.17, 15) is 0 Å². The van der Waals surface area contributed by atoms with E-state index in [2.05, 4.69) is 32.6 Å². The molecule has 0 aliphatic rings. The van der Waals surface area contributed by atoms with Crippen LogP contribution in [0.2, 0.25) is 10.2 Å². The molecule has 0 aliphatic carbocycles. The van der Waals surface area contributed by atoms with Crippen LogP contribution < -0.4 is 4.74 Å². The number of ether oxygens (including phenoxy) is 2. The van der Waals surface area contributed by atoms with Crippen LogP contribution in [0.15, 0.2) is 18.2 Å². The van der Waals surface area contributed by atoms with Gasteiger partial charge < -0.3 is 9.47 Å². The number of methoxy groups -OCH3 is 2. The Balaban J connectivity index is 2.49. The van der Waals surface area contributed by atoms with Gasteiger partial charge in [0.1, 0.15) is 10.9 Å². The Morgan fingerprint density at radius 1 is 1.20 bits per heavy atom. The lowest BCUT2D eigenvalue weighted by molar-refractivity contribution is 0.181. The highest BCUT2D eigenvalue weighted by molar-refractivity contribution is 14.1. The van der Waals surface area contributed by atoms with E-state index in [0.29, 0.717) is 28.4 Å². The van der Waals surface area contributed by atoms with Gasteiger partial charge >= 0.3 is 0 Å². The van der Waals surface area contributed by atoms with Crippen molar-refractivity contribution in [3.63, 3.8) is 0 Å². The van der Waals surface area contributed by atoms with Crippen LogP contribution in [0.25, 0.3) is 11.4 Å². The minimum atomic E-state index is 0.372. The van der Waals surface area contributed by atoms with E-state index in [4.69, 9.17) is 32.7 Å². The summed E-state index contributed by atoms with van der Waals surface area (Å²) in [5.41, 5.74) is 1.52. The summed E-state index contributed by atoms with van der Waals surface area (Å²) in [6.07, 6.45) is 0. The maximum atomic E-state index is 6.13. The predicted molar refractivity (Wildman–Crippen MR) is 87.5 cm³/mol. The molecule has 7 heteroatoms. The van der Waals surface area contributed by atoms with E-state index < -0.39 is 0 Å². The van der Waals surface area contributed by atoms with Crippen LogP contribution in [-0.2, 0) is 11.3 Å². The van der Waals surface area contributed by atoms with Crippen LogP contribution in [-0.4, -0.2) is 24.2 Å². The minimum absolute atomic E-state index is 0.372. The average molecular weight is 425 g/mol. The predicted octanol–water partition coefficient (Wildman–Crippen LogP) is 4.21. The van der Waals surface area contributed by atoms with E-state index >= 15 is 0 Å². The summed E-state index contributed by atoms with van der Waals surface area (Å²) in [5.74, 6) is 1.11.